The van der Waals surface area contributed by atoms with E-state index in [9.17, 15) is 4.79 Å². The summed E-state index contributed by atoms with van der Waals surface area (Å²) in [6.45, 7) is 1.95. The topological polar surface area (TPSA) is 58.6 Å². The van der Waals surface area contributed by atoms with Crippen LogP contribution in [0.15, 0.2) is 24.3 Å². The van der Waals surface area contributed by atoms with Gasteiger partial charge in [-0.3, -0.25) is 4.79 Å². The lowest BCUT2D eigenvalue weighted by Crippen LogP contribution is -2.31. The number of hydrogen-bond donors (Lipinski definition) is 2. The summed E-state index contributed by atoms with van der Waals surface area (Å²) in [6, 6.07) is 7.81. The average Bonchev–Trinajstić information content (AvgIpc) is 2.45. The molecule has 4 nitrogen and oxygen atoms in total. The molecule has 0 aliphatic carbocycles. The molecule has 1 aliphatic rings. The fourth-order valence-corrected chi connectivity index (χ4v) is 2.86. The van der Waals surface area contributed by atoms with Crippen LogP contribution in [0.25, 0.3) is 0 Å². The molecule has 1 aromatic rings. The normalized spacial score (nSPS) is 17.9. The predicted octanol–water partition coefficient (Wildman–Crippen LogP) is 2.25. The molecule has 4 heteroatoms. The van der Waals surface area contributed by atoms with Gasteiger partial charge in [-0.2, -0.15) is 0 Å². The van der Waals surface area contributed by atoms with E-state index in [1.807, 2.05) is 24.3 Å². The van der Waals surface area contributed by atoms with Crippen molar-refractivity contribution in [3.63, 3.8) is 0 Å². The maximum Gasteiger partial charge on any atom is 0.303 e. The first-order valence-electron chi connectivity index (χ1n) is 6.77. The molecule has 2 N–H and O–H groups in total. The number of benzene rings is 1. The maximum atomic E-state index is 11.1. The SMILES string of the molecule is COc1cccc(C(CC(=O)O)C2CCNCC2)c1. The molecule has 0 saturated carbocycles. The van der Waals surface area contributed by atoms with E-state index in [4.69, 9.17) is 9.84 Å². The average molecular weight is 263 g/mol. The van der Waals surface area contributed by atoms with Crippen LogP contribution in [-0.4, -0.2) is 31.3 Å². The Morgan fingerprint density at radius 1 is 1.47 bits per heavy atom. The maximum absolute atomic E-state index is 11.1. The third-order valence-corrected chi connectivity index (χ3v) is 3.87. The minimum atomic E-state index is -0.730. The van der Waals surface area contributed by atoms with Gasteiger partial charge in [0.2, 0.25) is 0 Å². The van der Waals surface area contributed by atoms with E-state index in [0.29, 0.717) is 5.92 Å². The standard InChI is InChI=1S/C15H21NO3/c1-19-13-4-2-3-12(9-13)14(10-15(17)18)11-5-7-16-8-6-11/h2-4,9,11,14,16H,5-8,10H2,1H3,(H,17,18). The zero-order valence-electron chi connectivity index (χ0n) is 11.3. The van der Waals surface area contributed by atoms with Gasteiger partial charge in [-0.05, 0) is 55.5 Å². The first-order valence-corrected chi connectivity index (χ1v) is 6.77. The van der Waals surface area contributed by atoms with Crippen LogP contribution < -0.4 is 10.1 Å². The van der Waals surface area contributed by atoms with Gasteiger partial charge in [-0.15, -0.1) is 0 Å². The van der Waals surface area contributed by atoms with Gasteiger partial charge in [0.05, 0.1) is 13.5 Å². The molecule has 1 aliphatic heterocycles. The second-order valence-electron chi connectivity index (χ2n) is 5.07. The van der Waals surface area contributed by atoms with E-state index in [0.717, 1.165) is 37.2 Å². The highest BCUT2D eigenvalue weighted by Crippen LogP contribution is 2.35. The Morgan fingerprint density at radius 2 is 2.21 bits per heavy atom. The zero-order chi connectivity index (χ0) is 13.7. The summed E-state index contributed by atoms with van der Waals surface area (Å²) < 4.78 is 5.24. The second-order valence-corrected chi connectivity index (χ2v) is 5.07. The van der Waals surface area contributed by atoms with Gasteiger partial charge in [0.25, 0.3) is 0 Å². The third-order valence-electron chi connectivity index (χ3n) is 3.87. The molecule has 1 atom stereocenters. The number of nitrogens with one attached hydrogen (secondary N) is 1. The summed E-state index contributed by atoms with van der Waals surface area (Å²) in [7, 11) is 1.63. The van der Waals surface area contributed by atoms with Crippen LogP contribution in [0.2, 0.25) is 0 Å². The largest absolute Gasteiger partial charge is 0.497 e. The molecule has 1 aromatic carbocycles. The zero-order valence-corrected chi connectivity index (χ0v) is 11.3. The summed E-state index contributed by atoms with van der Waals surface area (Å²) in [4.78, 5) is 11.1. The van der Waals surface area contributed by atoms with Gasteiger partial charge in [0.15, 0.2) is 0 Å². The minimum Gasteiger partial charge on any atom is -0.497 e. The molecule has 1 heterocycles. The van der Waals surface area contributed by atoms with Crippen LogP contribution in [0, 0.1) is 5.92 Å². The number of carboxylic acids is 1. The van der Waals surface area contributed by atoms with Crippen LogP contribution in [0.5, 0.6) is 5.75 Å². The van der Waals surface area contributed by atoms with Gasteiger partial charge in [0, 0.05) is 0 Å². The Morgan fingerprint density at radius 3 is 2.84 bits per heavy atom. The molecule has 0 radical (unpaired) electrons. The quantitative estimate of drug-likeness (QED) is 0.855. The number of rotatable bonds is 5. The minimum absolute atomic E-state index is 0.0784. The van der Waals surface area contributed by atoms with Gasteiger partial charge >= 0.3 is 5.97 Å². The van der Waals surface area contributed by atoms with Gasteiger partial charge in [0.1, 0.15) is 5.75 Å². The van der Waals surface area contributed by atoms with E-state index in [1.165, 1.54) is 0 Å². The highest BCUT2D eigenvalue weighted by atomic mass is 16.5. The van der Waals surface area contributed by atoms with Crippen molar-refractivity contribution in [1.82, 2.24) is 5.32 Å². The first kappa shape index (κ1) is 13.9. The fraction of sp³-hybridized carbons (Fsp3) is 0.533. The fourth-order valence-electron chi connectivity index (χ4n) is 2.86. The number of ether oxygens (including phenoxy) is 1. The second kappa shape index (κ2) is 6.57. The number of piperidine rings is 1. The van der Waals surface area contributed by atoms with Crippen molar-refractivity contribution >= 4 is 5.97 Å². The number of aliphatic carboxylic acids is 1. The van der Waals surface area contributed by atoms with Gasteiger partial charge in [-0.1, -0.05) is 12.1 Å². The molecule has 0 amide bonds. The third kappa shape index (κ3) is 3.70. The van der Waals surface area contributed by atoms with Crippen LogP contribution in [0.4, 0.5) is 0 Å². The molecule has 0 bridgehead atoms. The first-order chi connectivity index (χ1) is 9.20. The van der Waals surface area contributed by atoms with Crippen molar-refractivity contribution in [2.75, 3.05) is 20.2 Å². The number of hydrogen-bond acceptors (Lipinski definition) is 3. The predicted molar refractivity (Wildman–Crippen MR) is 73.6 cm³/mol. The Hall–Kier alpha value is -1.55. The summed E-state index contributed by atoms with van der Waals surface area (Å²) in [5.74, 6) is 0.576. The summed E-state index contributed by atoms with van der Waals surface area (Å²) >= 11 is 0. The molecular formula is C15H21NO3. The van der Waals surface area contributed by atoms with Crippen LogP contribution in [0.3, 0.4) is 0 Å². The van der Waals surface area contributed by atoms with Crippen molar-refractivity contribution in [2.45, 2.75) is 25.2 Å². The van der Waals surface area contributed by atoms with Crippen LogP contribution in [-0.2, 0) is 4.79 Å². The van der Waals surface area contributed by atoms with Crippen molar-refractivity contribution in [3.05, 3.63) is 29.8 Å². The summed E-state index contributed by atoms with van der Waals surface area (Å²) in [6.07, 6.45) is 2.27. The molecule has 0 spiro atoms. The number of methoxy groups -OCH3 is 1. The smallest absolute Gasteiger partial charge is 0.303 e. The number of carbonyl (C=O) groups is 1. The molecule has 2 rings (SSSR count). The lowest BCUT2D eigenvalue weighted by Gasteiger charge is -2.30. The van der Waals surface area contributed by atoms with Crippen molar-refractivity contribution in [1.29, 1.82) is 0 Å². The Bertz CT molecular complexity index is 427. The Kier molecular flexibility index (Phi) is 4.80. The number of carboxylic acid groups (broad SMARTS) is 1. The van der Waals surface area contributed by atoms with Crippen molar-refractivity contribution < 1.29 is 14.6 Å². The molecule has 1 saturated heterocycles. The van der Waals surface area contributed by atoms with E-state index >= 15 is 0 Å². The summed E-state index contributed by atoms with van der Waals surface area (Å²) in [5.41, 5.74) is 1.08. The molecular weight excluding hydrogens is 242 g/mol. The Labute approximate surface area is 113 Å². The highest BCUT2D eigenvalue weighted by molar-refractivity contribution is 5.68. The van der Waals surface area contributed by atoms with E-state index in [1.54, 1.807) is 7.11 Å². The van der Waals surface area contributed by atoms with Gasteiger partial charge in [-0.25, -0.2) is 0 Å². The van der Waals surface area contributed by atoms with E-state index in [2.05, 4.69) is 5.32 Å². The summed E-state index contributed by atoms with van der Waals surface area (Å²) in [5, 5.41) is 12.5. The molecule has 104 valence electrons. The van der Waals surface area contributed by atoms with Crippen LogP contribution in [0.1, 0.15) is 30.7 Å². The van der Waals surface area contributed by atoms with Crippen LogP contribution >= 0.6 is 0 Å². The van der Waals surface area contributed by atoms with Gasteiger partial charge < -0.3 is 15.2 Å². The highest BCUT2D eigenvalue weighted by Gasteiger charge is 2.27. The van der Waals surface area contributed by atoms with Crippen molar-refractivity contribution in [2.24, 2.45) is 5.92 Å². The lowest BCUT2D eigenvalue weighted by atomic mass is 9.78. The Balaban J connectivity index is 2.21. The molecule has 0 aromatic heterocycles. The molecule has 1 unspecified atom stereocenters. The van der Waals surface area contributed by atoms with Crippen molar-refractivity contribution in [3.8, 4) is 5.75 Å². The van der Waals surface area contributed by atoms with E-state index < -0.39 is 5.97 Å². The lowest BCUT2D eigenvalue weighted by molar-refractivity contribution is -0.137. The van der Waals surface area contributed by atoms with E-state index in [-0.39, 0.29) is 12.3 Å². The molecule has 19 heavy (non-hydrogen) atoms. The monoisotopic (exact) mass is 263 g/mol. The molecule has 1 fully saturated rings.